The molecule has 0 atom stereocenters. The van der Waals surface area contributed by atoms with Gasteiger partial charge in [-0.2, -0.15) is 0 Å². The van der Waals surface area contributed by atoms with Crippen LogP contribution in [0.3, 0.4) is 0 Å². The lowest BCUT2D eigenvalue weighted by atomic mass is 10.2. The van der Waals surface area contributed by atoms with Crippen LogP contribution in [0.4, 0.5) is 4.39 Å². The predicted octanol–water partition coefficient (Wildman–Crippen LogP) is 4.34. The highest BCUT2D eigenvalue weighted by atomic mass is 32.1. The van der Waals surface area contributed by atoms with Gasteiger partial charge in [0.1, 0.15) is 11.5 Å². The number of carbonyl (C=O) groups is 1. The smallest absolute Gasteiger partial charge is 0.267 e. The predicted molar refractivity (Wildman–Crippen MR) is 92.7 cm³/mol. The molecule has 0 saturated heterocycles. The van der Waals surface area contributed by atoms with E-state index in [0.29, 0.717) is 24.3 Å². The van der Waals surface area contributed by atoms with Crippen molar-refractivity contribution >= 4 is 27.5 Å². The van der Waals surface area contributed by atoms with E-state index in [2.05, 4.69) is 11.4 Å². The molecule has 0 spiro atoms. The van der Waals surface area contributed by atoms with Crippen molar-refractivity contribution in [3.63, 3.8) is 0 Å². The standard InChI is InChI=1S/C18H19FN2OS/c1-3-8-20-18(22)16-10-17-15(9-12(2)23-17)21(16)11-13-6-4-5-7-14(13)19/h4-7,9-10H,3,8,11H2,1-2H3,(H,20,22). The van der Waals surface area contributed by atoms with E-state index in [-0.39, 0.29) is 11.7 Å². The van der Waals surface area contributed by atoms with Gasteiger partial charge in [0.15, 0.2) is 0 Å². The molecule has 0 aliphatic carbocycles. The van der Waals surface area contributed by atoms with Crippen LogP contribution in [0.5, 0.6) is 0 Å². The van der Waals surface area contributed by atoms with E-state index in [0.717, 1.165) is 16.6 Å². The molecule has 2 aromatic heterocycles. The zero-order valence-electron chi connectivity index (χ0n) is 13.2. The molecule has 1 N–H and O–H groups in total. The molecule has 3 nitrogen and oxygen atoms in total. The van der Waals surface area contributed by atoms with Gasteiger partial charge in [0.25, 0.3) is 5.91 Å². The number of aromatic nitrogens is 1. The van der Waals surface area contributed by atoms with Gasteiger partial charge in [0.2, 0.25) is 0 Å². The normalized spacial score (nSPS) is 11.1. The number of nitrogens with one attached hydrogen (secondary N) is 1. The maximum Gasteiger partial charge on any atom is 0.267 e. The molecule has 2 heterocycles. The maximum atomic E-state index is 14.0. The first-order chi connectivity index (χ1) is 11.1. The summed E-state index contributed by atoms with van der Waals surface area (Å²) in [6.45, 7) is 5.03. The number of amides is 1. The molecule has 0 aliphatic rings. The number of aryl methyl sites for hydroxylation is 1. The first-order valence-electron chi connectivity index (χ1n) is 7.71. The summed E-state index contributed by atoms with van der Waals surface area (Å²) in [5, 5.41) is 2.91. The Morgan fingerprint density at radius 1 is 1.30 bits per heavy atom. The highest BCUT2D eigenvalue weighted by Crippen LogP contribution is 2.29. The Morgan fingerprint density at radius 3 is 2.83 bits per heavy atom. The van der Waals surface area contributed by atoms with Crippen LogP contribution in [0.15, 0.2) is 36.4 Å². The fourth-order valence-electron chi connectivity index (χ4n) is 2.65. The molecule has 5 heteroatoms. The summed E-state index contributed by atoms with van der Waals surface area (Å²) in [7, 11) is 0. The van der Waals surface area contributed by atoms with Crippen molar-refractivity contribution < 1.29 is 9.18 Å². The summed E-state index contributed by atoms with van der Waals surface area (Å²) < 4.78 is 17.0. The number of fused-ring (bicyclic) bond motifs is 1. The van der Waals surface area contributed by atoms with Gasteiger partial charge in [-0.3, -0.25) is 4.79 Å². The summed E-state index contributed by atoms with van der Waals surface area (Å²) in [4.78, 5) is 13.6. The van der Waals surface area contributed by atoms with Gasteiger partial charge >= 0.3 is 0 Å². The second-order valence-corrected chi connectivity index (χ2v) is 6.86. The van der Waals surface area contributed by atoms with E-state index >= 15 is 0 Å². The summed E-state index contributed by atoms with van der Waals surface area (Å²) in [5.41, 5.74) is 2.15. The maximum absolute atomic E-state index is 14.0. The van der Waals surface area contributed by atoms with E-state index in [1.807, 2.05) is 30.5 Å². The fraction of sp³-hybridized carbons (Fsp3) is 0.278. The summed E-state index contributed by atoms with van der Waals surface area (Å²) >= 11 is 1.65. The van der Waals surface area contributed by atoms with Gasteiger partial charge < -0.3 is 9.88 Å². The zero-order valence-corrected chi connectivity index (χ0v) is 14.0. The number of halogens is 1. The third-order valence-corrected chi connectivity index (χ3v) is 4.75. The average molecular weight is 330 g/mol. The lowest BCUT2D eigenvalue weighted by Gasteiger charge is -2.11. The van der Waals surface area contributed by atoms with Gasteiger partial charge in [-0.15, -0.1) is 11.3 Å². The van der Waals surface area contributed by atoms with E-state index in [1.54, 1.807) is 23.5 Å². The fourth-order valence-corrected chi connectivity index (χ4v) is 3.61. The molecule has 0 radical (unpaired) electrons. The molecule has 0 fully saturated rings. The SMILES string of the molecule is CCCNC(=O)c1cc2sc(C)cc2n1Cc1ccccc1F. The third kappa shape index (κ3) is 3.15. The van der Waals surface area contributed by atoms with Crippen molar-refractivity contribution in [2.24, 2.45) is 0 Å². The summed E-state index contributed by atoms with van der Waals surface area (Å²) in [5.74, 6) is -0.356. The Kier molecular flexibility index (Phi) is 4.48. The second kappa shape index (κ2) is 6.54. The topological polar surface area (TPSA) is 34.0 Å². The van der Waals surface area contributed by atoms with Crippen molar-refractivity contribution in [3.05, 3.63) is 58.3 Å². The molecule has 23 heavy (non-hydrogen) atoms. The van der Waals surface area contributed by atoms with Crippen LogP contribution in [-0.4, -0.2) is 17.0 Å². The van der Waals surface area contributed by atoms with Gasteiger partial charge in [-0.1, -0.05) is 25.1 Å². The van der Waals surface area contributed by atoms with Crippen molar-refractivity contribution in [2.45, 2.75) is 26.8 Å². The van der Waals surface area contributed by atoms with E-state index in [9.17, 15) is 9.18 Å². The molecule has 1 aromatic carbocycles. The Hall–Kier alpha value is -2.14. The minimum Gasteiger partial charge on any atom is -0.351 e. The number of nitrogens with zero attached hydrogens (tertiary/aromatic N) is 1. The first kappa shape index (κ1) is 15.7. The molecular weight excluding hydrogens is 311 g/mol. The number of hydrogen-bond donors (Lipinski definition) is 1. The van der Waals surface area contributed by atoms with Crippen LogP contribution < -0.4 is 5.32 Å². The quantitative estimate of drug-likeness (QED) is 0.742. The van der Waals surface area contributed by atoms with Crippen molar-refractivity contribution in [1.29, 1.82) is 0 Å². The summed E-state index contributed by atoms with van der Waals surface area (Å²) in [6.07, 6.45) is 0.882. The van der Waals surface area contributed by atoms with Gasteiger partial charge in [-0.25, -0.2) is 4.39 Å². The second-order valence-electron chi connectivity index (χ2n) is 5.57. The Labute approximate surface area is 138 Å². The van der Waals surface area contributed by atoms with E-state index in [4.69, 9.17) is 0 Å². The Morgan fingerprint density at radius 2 is 2.09 bits per heavy atom. The molecule has 3 aromatic rings. The van der Waals surface area contributed by atoms with Crippen LogP contribution in [0, 0.1) is 12.7 Å². The minimum absolute atomic E-state index is 0.107. The van der Waals surface area contributed by atoms with Crippen LogP contribution >= 0.6 is 11.3 Å². The Bertz CT molecular complexity index is 850. The molecule has 1 amide bonds. The van der Waals surface area contributed by atoms with E-state index in [1.165, 1.54) is 10.9 Å². The van der Waals surface area contributed by atoms with Crippen LogP contribution in [0.2, 0.25) is 0 Å². The molecule has 0 saturated carbocycles. The summed E-state index contributed by atoms with van der Waals surface area (Å²) in [6, 6.07) is 10.7. The number of carbonyl (C=O) groups excluding carboxylic acids is 1. The van der Waals surface area contributed by atoms with Crippen molar-refractivity contribution in [2.75, 3.05) is 6.54 Å². The number of benzene rings is 1. The molecule has 0 bridgehead atoms. The molecule has 3 rings (SSSR count). The largest absolute Gasteiger partial charge is 0.351 e. The lowest BCUT2D eigenvalue weighted by Crippen LogP contribution is -2.26. The highest BCUT2D eigenvalue weighted by molar-refractivity contribution is 7.19. The third-order valence-electron chi connectivity index (χ3n) is 3.77. The van der Waals surface area contributed by atoms with Crippen molar-refractivity contribution in [3.8, 4) is 0 Å². The first-order valence-corrected chi connectivity index (χ1v) is 8.53. The van der Waals surface area contributed by atoms with Gasteiger partial charge in [0, 0.05) is 17.0 Å². The van der Waals surface area contributed by atoms with Gasteiger partial charge in [0.05, 0.1) is 16.8 Å². The molecular formula is C18H19FN2OS. The van der Waals surface area contributed by atoms with Crippen LogP contribution in [0.25, 0.3) is 10.2 Å². The molecule has 0 aliphatic heterocycles. The monoisotopic (exact) mass is 330 g/mol. The number of thiophene rings is 1. The van der Waals surface area contributed by atoms with Crippen LogP contribution in [-0.2, 0) is 6.54 Å². The Balaban J connectivity index is 2.04. The van der Waals surface area contributed by atoms with E-state index < -0.39 is 0 Å². The molecule has 120 valence electrons. The highest BCUT2D eigenvalue weighted by Gasteiger charge is 2.18. The number of hydrogen-bond acceptors (Lipinski definition) is 2. The average Bonchev–Trinajstić information content (AvgIpc) is 3.04. The molecule has 0 unspecified atom stereocenters. The minimum atomic E-state index is -0.249. The number of rotatable bonds is 5. The zero-order chi connectivity index (χ0) is 16.4. The lowest BCUT2D eigenvalue weighted by molar-refractivity contribution is 0.0945. The van der Waals surface area contributed by atoms with Gasteiger partial charge in [-0.05, 0) is 31.5 Å². The van der Waals surface area contributed by atoms with Crippen molar-refractivity contribution in [1.82, 2.24) is 9.88 Å². The van der Waals surface area contributed by atoms with Crippen LogP contribution in [0.1, 0.15) is 34.3 Å².